The number of hydrogen-bond acceptors (Lipinski definition) is 7. The number of rotatable bonds is 10. The van der Waals surface area contributed by atoms with Gasteiger partial charge in [0, 0.05) is 12.0 Å². The zero-order valence-electron chi connectivity index (χ0n) is 16.5. The minimum Gasteiger partial charge on any atom is -0.597 e. The molecule has 158 valence electrons. The van der Waals surface area contributed by atoms with Crippen LogP contribution in [-0.4, -0.2) is 46.7 Å². The van der Waals surface area contributed by atoms with Gasteiger partial charge in [-0.05, 0) is 45.6 Å². The molecule has 0 aromatic heterocycles. The van der Waals surface area contributed by atoms with E-state index in [1.54, 1.807) is 26.0 Å². The van der Waals surface area contributed by atoms with Gasteiger partial charge in [-0.3, -0.25) is 0 Å². The Morgan fingerprint density at radius 1 is 1.43 bits per heavy atom. The lowest BCUT2D eigenvalue weighted by atomic mass is 10.0. The summed E-state index contributed by atoms with van der Waals surface area (Å²) in [4.78, 5) is 12.9. The van der Waals surface area contributed by atoms with Crippen LogP contribution in [-0.2, 0) is 38.6 Å². The van der Waals surface area contributed by atoms with Crippen LogP contribution in [0.4, 0.5) is 10.5 Å². The second-order valence-electron chi connectivity index (χ2n) is 6.74. The molecule has 0 aliphatic carbocycles. The molecule has 8 nitrogen and oxygen atoms in total. The maximum atomic E-state index is 12.5. The quantitative estimate of drug-likeness (QED) is 0.413. The highest BCUT2D eigenvalue weighted by atomic mass is 32.5. The number of ether oxygens (including phenoxy) is 1. The number of nitrogens with zero attached hydrogens (tertiary/aromatic N) is 1. The van der Waals surface area contributed by atoms with Crippen molar-refractivity contribution < 1.29 is 28.2 Å². The molecule has 1 atom stereocenters. The Labute approximate surface area is 174 Å². The van der Waals surface area contributed by atoms with Gasteiger partial charge >= 0.3 is 6.09 Å². The monoisotopic (exact) mass is 450 g/mol. The molecule has 1 heterocycles. The number of hydrogen-bond donors (Lipinski definition) is 2. The van der Waals surface area contributed by atoms with Gasteiger partial charge in [0.25, 0.3) is 0 Å². The second-order valence-corrected chi connectivity index (χ2v) is 11.7. The molecule has 0 spiro atoms. The minimum absolute atomic E-state index is 0.0838. The third-order valence-electron chi connectivity index (χ3n) is 3.91. The van der Waals surface area contributed by atoms with Crippen LogP contribution in [0.2, 0.25) is 0 Å². The first-order chi connectivity index (χ1) is 13.1. The van der Waals surface area contributed by atoms with E-state index in [4.69, 9.17) is 25.6 Å². The van der Waals surface area contributed by atoms with Crippen molar-refractivity contribution in [1.82, 2.24) is 4.72 Å². The molecule has 1 aliphatic rings. The predicted molar refractivity (Wildman–Crippen MR) is 114 cm³/mol. The summed E-state index contributed by atoms with van der Waals surface area (Å²) in [7, 11) is 0. The average Bonchev–Trinajstić information content (AvgIpc) is 2.92. The number of amides is 1. The van der Waals surface area contributed by atoms with Crippen LogP contribution in [0.1, 0.15) is 33.3 Å². The first-order valence-electron chi connectivity index (χ1n) is 8.92. The van der Waals surface area contributed by atoms with Gasteiger partial charge < -0.3 is 23.4 Å². The van der Waals surface area contributed by atoms with Crippen molar-refractivity contribution in [2.24, 2.45) is 0 Å². The number of carbonyl (C=O) groups is 1. The summed E-state index contributed by atoms with van der Waals surface area (Å²) in [5, 5.41) is 9.68. The Kier molecular flexibility index (Phi) is 8.16. The van der Waals surface area contributed by atoms with Gasteiger partial charge in [0.2, 0.25) is 12.4 Å². The molecule has 0 saturated heterocycles. The van der Waals surface area contributed by atoms with Crippen LogP contribution in [0.25, 0.3) is 0 Å². The van der Waals surface area contributed by atoms with E-state index < -0.39 is 29.5 Å². The van der Waals surface area contributed by atoms with E-state index in [1.165, 1.54) is 0 Å². The van der Waals surface area contributed by atoms with Crippen molar-refractivity contribution in [1.29, 1.82) is 0 Å². The number of carboxylic acid groups (broad SMARTS) is 1. The zero-order chi connectivity index (χ0) is 20.9. The SMILES string of the molecule is CCOP(=S)(CN[S+]([O-])CN(C(=O)O)c1cccc2c1OC(C)(C)C2)OCC. The lowest BCUT2D eigenvalue weighted by Gasteiger charge is -2.25. The summed E-state index contributed by atoms with van der Waals surface area (Å²) in [6.07, 6.45) is -0.456. The molecule has 0 radical (unpaired) electrons. The van der Waals surface area contributed by atoms with Crippen molar-refractivity contribution in [3.05, 3.63) is 23.8 Å². The Bertz CT molecular complexity index is 738. The summed E-state index contributed by atoms with van der Waals surface area (Å²) in [5.74, 6) is 0.240. The Morgan fingerprint density at radius 3 is 2.64 bits per heavy atom. The number of fused-ring (bicyclic) bond motifs is 1. The smallest absolute Gasteiger partial charge is 0.415 e. The van der Waals surface area contributed by atoms with E-state index >= 15 is 0 Å². The molecule has 11 heteroatoms. The first kappa shape index (κ1) is 23.4. The van der Waals surface area contributed by atoms with E-state index in [0.717, 1.165) is 10.5 Å². The Balaban J connectivity index is 2.12. The van der Waals surface area contributed by atoms with Gasteiger partial charge in [0.1, 0.15) is 17.6 Å². The normalized spacial score (nSPS) is 16.3. The van der Waals surface area contributed by atoms with Gasteiger partial charge in [-0.1, -0.05) is 12.1 Å². The Morgan fingerprint density at radius 2 is 2.07 bits per heavy atom. The van der Waals surface area contributed by atoms with E-state index in [2.05, 4.69) is 4.72 Å². The van der Waals surface area contributed by atoms with Gasteiger partial charge in [-0.15, -0.1) is 4.72 Å². The fourth-order valence-electron chi connectivity index (χ4n) is 2.88. The summed E-state index contributed by atoms with van der Waals surface area (Å²) in [6.45, 7) is 5.66. The lowest BCUT2D eigenvalue weighted by Crippen LogP contribution is -2.40. The largest absolute Gasteiger partial charge is 0.597 e. The average molecular weight is 451 g/mol. The lowest BCUT2D eigenvalue weighted by molar-refractivity contribution is 0.138. The maximum Gasteiger partial charge on any atom is 0.415 e. The van der Waals surface area contributed by atoms with Crippen LogP contribution in [0.5, 0.6) is 5.75 Å². The summed E-state index contributed by atoms with van der Waals surface area (Å²) in [5.41, 5.74) is 0.886. The molecular weight excluding hydrogens is 423 g/mol. The van der Waals surface area contributed by atoms with E-state index in [1.807, 2.05) is 19.9 Å². The van der Waals surface area contributed by atoms with E-state index in [-0.39, 0.29) is 12.2 Å². The number of para-hydroxylation sites is 1. The Hall–Kier alpha value is -0.870. The standard InChI is InChI=1S/C17H27N2O6PS2/c1-5-23-26(27,24-6-2)11-18-28(22)12-19(16(20)21)14-9-7-8-13-10-17(3,4)25-15(13)14/h7-9,18H,5-6,10-12H2,1-4H3,(H,20,21). The van der Waals surface area contributed by atoms with Gasteiger partial charge in [-0.25, -0.2) is 9.69 Å². The molecule has 0 fully saturated rings. The van der Waals surface area contributed by atoms with Crippen molar-refractivity contribution in [2.45, 2.75) is 39.7 Å². The molecule has 1 unspecified atom stereocenters. The molecule has 28 heavy (non-hydrogen) atoms. The third kappa shape index (κ3) is 6.06. The van der Waals surface area contributed by atoms with Crippen LogP contribution in [0.3, 0.4) is 0 Å². The molecule has 1 aliphatic heterocycles. The maximum absolute atomic E-state index is 12.5. The third-order valence-corrected chi connectivity index (χ3v) is 7.95. The van der Waals surface area contributed by atoms with Crippen molar-refractivity contribution in [2.75, 3.05) is 30.3 Å². The molecule has 0 bridgehead atoms. The summed E-state index contributed by atoms with van der Waals surface area (Å²) >= 11 is 3.69. The summed E-state index contributed by atoms with van der Waals surface area (Å²) in [6, 6.07) is 5.33. The number of benzene rings is 1. The fourth-order valence-corrected chi connectivity index (χ4v) is 6.81. The molecule has 2 N–H and O–H groups in total. The minimum atomic E-state index is -2.60. The van der Waals surface area contributed by atoms with Crippen LogP contribution in [0, 0.1) is 0 Å². The van der Waals surface area contributed by atoms with Crippen molar-refractivity contribution >= 4 is 41.4 Å². The highest BCUT2D eigenvalue weighted by Crippen LogP contribution is 2.47. The number of anilines is 1. The van der Waals surface area contributed by atoms with Gasteiger partial charge in [-0.2, -0.15) is 0 Å². The van der Waals surface area contributed by atoms with Crippen LogP contribution >= 0.6 is 6.49 Å². The topological polar surface area (TPSA) is 103 Å². The van der Waals surface area contributed by atoms with Crippen molar-refractivity contribution in [3.63, 3.8) is 0 Å². The fraction of sp³-hybridized carbons (Fsp3) is 0.588. The second kappa shape index (κ2) is 9.75. The zero-order valence-corrected chi connectivity index (χ0v) is 19.0. The number of nitrogens with one attached hydrogen (secondary N) is 1. The molecule has 1 aromatic rings. The van der Waals surface area contributed by atoms with Crippen LogP contribution in [0.15, 0.2) is 18.2 Å². The van der Waals surface area contributed by atoms with Crippen molar-refractivity contribution in [3.8, 4) is 5.75 Å². The highest BCUT2D eigenvalue weighted by molar-refractivity contribution is 8.10. The molecular formula is C17H27N2O6PS2. The van der Waals surface area contributed by atoms with Crippen LogP contribution < -0.4 is 14.4 Å². The molecule has 0 saturated carbocycles. The molecule has 2 rings (SSSR count). The van der Waals surface area contributed by atoms with E-state index in [9.17, 15) is 14.5 Å². The summed E-state index contributed by atoms with van der Waals surface area (Å²) < 4.78 is 32.2. The van der Waals surface area contributed by atoms with Gasteiger partial charge in [0.15, 0.2) is 0 Å². The molecule has 1 aromatic carbocycles. The predicted octanol–water partition coefficient (Wildman–Crippen LogP) is 3.44. The van der Waals surface area contributed by atoms with E-state index in [0.29, 0.717) is 31.1 Å². The first-order valence-corrected chi connectivity index (χ1v) is 13.1. The highest BCUT2D eigenvalue weighted by Gasteiger charge is 2.35. The molecule has 1 amide bonds. The van der Waals surface area contributed by atoms with Gasteiger partial charge in [0.05, 0.1) is 30.3 Å².